The van der Waals surface area contributed by atoms with Gasteiger partial charge in [-0.05, 0) is 51.4 Å². The molecular formula is C20H34IN5. The maximum atomic E-state index is 4.89. The van der Waals surface area contributed by atoms with E-state index in [0.717, 1.165) is 45.1 Å². The summed E-state index contributed by atoms with van der Waals surface area (Å²) in [4.78, 5) is 9.90. The molecular weight excluding hydrogens is 437 g/mol. The van der Waals surface area contributed by atoms with Gasteiger partial charge in [0.1, 0.15) is 0 Å². The summed E-state index contributed by atoms with van der Waals surface area (Å²) in [7, 11) is 0. The molecule has 1 aromatic rings. The van der Waals surface area contributed by atoms with E-state index in [2.05, 4.69) is 64.6 Å². The first-order valence-electron chi connectivity index (χ1n) is 9.89. The lowest BCUT2D eigenvalue weighted by Gasteiger charge is -2.23. The van der Waals surface area contributed by atoms with Crippen molar-refractivity contribution in [2.75, 3.05) is 44.2 Å². The van der Waals surface area contributed by atoms with E-state index >= 15 is 0 Å². The number of hydrogen-bond acceptors (Lipinski definition) is 3. The zero-order valence-corrected chi connectivity index (χ0v) is 18.5. The number of likely N-dealkylation sites (tertiary alicyclic amines) is 1. The maximum absolute atomic E-state index is 4.89. The summed E-state index contributed by atoms with van der Waals surface area (Å²) >= 11 is 0. The second kappa shape index (κ2) is 11.0. The topological polar surface area (TPSA) is 42.9 Å². The molecule has 2 saturated heterocycles. The molecule has 2 atom stereocenters. The molecule has 2 unspecified atom stereocenters. The number of likely N-dealkylation sites (N-methyl/N-ethyl adjacent to an activating group) is 1. The van der Waals surface area contributed by atoms with Gasteiger partial charge in [0.05, 0.1) is 6.54 Å². The van der Waals surface area contributed by atoms with Crippen LogP contribution in [-0.2, 0) is 0 Å². The molecule has 2 aliphatic heterocycles. The van der Waals surface area contributed by atoms with E-state index in [-0.39, 0.29) is 24.0 Å². The molecule has 0 aliphatic carbocycles. The van der Waals surface area contributed by atoms with Gasteiger partial charge >= 0.3 is 0 Å². The summed E-state index contributed by atoms with van der Waals surface area (Å²) < 4.78 is 0. The number of halogens is 1. The highest BCUT2D eigenvalue weighted by atomic mass is 127. The number of anilines is 1. The average molecular weight is 471 g/mol. The Bertz CT molecular complexity index is 550. The number of guanidine groups is 1. The molecule has 26 heavy (non-hydrogen) atoms. The normalized spacial score (nSPS) is 23.8. The minimum absolute atomic E-state index is 0. The molecule has 1 aromatic carbocycles. The van der Waals surface area contributed by atoms with Gasteiger partial charge in [-0.25, -0.2) is 0 Å². The summed E-state index contributed by atoms with van der Waals surface area (Å²) in [5.74, 6) is 0.977. The Labute approximate surface area is 175 Å². The zero-order chi connectivity index (χ0) is 17.5. The molecule has 0 bridgehead atoms. The minimum Gasteiger partial charge on any atom is -0.369 e. The van der Waals surface area contributed by atoms with Crippen LogP contribution in [0.4, 0.5) is 5.69 Å². The van der Waals surface area contributed by atoms with Crippen LogP contribution < -0.4 is 15.5 Å². The van der Waals surface area contributed by atoms with Crippen LogP contribution in [0.25, 0.3) is 0 Å². The van der Waals surface area contributed by atoms with Crippen molar-refractivity contribution in [3.63, 3.8) is 0 Å². The third kappa shape index (κ3) is 5.74. The molecule has 0 amide bonds. The number of aliphatic imine (C=N–C) groups is 1. The van der Waals surface area contributed by atoms with Crippen LogP contribution in [0, 0.1) is 0 Å². The van der Waals surface area contributed by atoms with Crippen molar-refractivity contribution in [2.24, 2.45) is 4.99 Å². The number of hydrogen-bond donors (Lipinski definition) is 2. The van der Waals surface area contributed by atoms with Crippen LogP contribution in [0.2, 0.25) is 0 Å². The van der Waals surface area contributed by atoms with E-state index in [1.165, 1.54) is 25.1 Å². The van der Waals surface area contributed by atoms with Crippen molar-refractivity contribution >= 4 is 35.6 Å². The molecule has 2 heterocycles. The Hall–Kier alpha value is -1.02. The summed E-state index contributed by atoms with van der Waals surface area (Å²) in [6.07, 6.45) is 3.75. The van der Waals surface area contributed by atoms with Gasteiger partial charge in [-0.2, -0.15) is 0 Å². The Balaban J connectivity index is 0.00000243. The van der Waals surface area contributed by atoms with E-state index in [1.54, 1.807) is 0 Å². The number of para-hydroxylation sites is 1. The monoisotopic (exact) mass is 471 g/mol. The predicted molar refractivity (Wildman–Crippen MR) is 122 cm³/mol. The van der Waals surface area contributed by atoms with Gasteiger partial charge in [-0.3, -0.25) is 9.89 Å². The fraction of sp³-hybridized carbons (Fsp3) is 0.650. The molecule has 146 valence electrons. The lowest BCUT2D eigenvalue weighted by Crippen LogP contribution is -2.45. The second-order valence-corrected chi connectivity index (χ2v) is 7.06. The van der Waals surface area contributed by atoms with E-state index in [0.29, 0.717) is 12.1 Å². The van der Waals surface area contributed by atoms with Crippen molar-refractivity contribution in [2.45, 2.75) is 45.2 Å². The van der Waals surface area contributed by atoms with Gasteiger partial charge in [0.25, 0.3) is 0 Å². The predicted octanol–water partition coefficient (Wildman–Crippen LogP) is 2.92. The first kappa shape index (κ1) is 21.3. The molecule has 0 aromatic heterocycles. The molecule has 6 heteroatoms. The number of nitrogens with zero attached hydrogens (tertiary/aromatic N) is 3. The van der Waals surface area contributed by atoms with Gasteiger partial charge in [0.15, 0.2) is 5.96 Å². The average Bonchev–Trinajstić information content (AvgIpc) is 3.29. The lowest BCUT2D eigenvalue weighted by atomic mass is 10.2. The van der Waals surface area contributed by atoms with Crippen molar-refractivity contribution in [3.8, 4) is 0 Å². The van der Waals surface area contributed by atoms with Crippen LogP contribution in [0.5, 0.6) is 0 Å². The summed E-state index contributed by atoms with van der Waals surface area (Å²) in [5.41, 5.74) is 1.32. The molecule has 2 N–H and O–H groups in total. The highest BCUT2D eigenvalue weighted by molar-refractivity contribution is 14.0. The van der Waals surface area contributed by atoms with Gasteiger partial charge in [0, 0.05) is 37.4 Å². The van der Waals surface area contributed by atoms with Crippen molar-refractivity contribution in [1.29, 1.82) is 0 Å². The van der Waals surface area contributed by atoms with E-state index in [9.17, 15) is 0 Å². The SMILES string of the molecule is CCNC(=NCC1CCCN1CC)NC1CCN(c2ccccc2)C1.I. The van der Waals surface area contributed by atoms with Gasteiger partial charge in [-0.15, -0.1) is 24.0 Å². The summed E-state index contributed by atoms with van der Waals surface area (Å²) in [5, 5.41) is 7.07. The largest absolute Gasteiger partial charge is 0.369 e. The summed E-state index contributed by atoms with van der Waals surface area (Å²) in [6.45, 7) is 10.7. The fourth-order valence-corrected chi connectivity index (χ4v) is 3.98. The van der Waals surface area contributed by atoms with Crippen LogP contribution >= 0.6 is 24.0 Å². The van der Waals surface area contributed by atoms with Crippen LogP contribution in [0.3, 0.4) is 0 Å². The number of benzene rings is 1. The Morgan fingerprint density at radius 3 is 2.69 bits per heavy atom. The standard InChI is InChI=1S/C20H33N5.HI/c1-3-21-20(22-15-19-11-8-13-24(19)4-2)23-17-12-14-25(16-17)18-9-6-5-7-10-18;/h5-7,9-10,17,19H,3-4,8,11-16H2,1-2H3,(H2,21,22,23);1H. The molecule has 0 radical (unpaired) electrons. The Morgan fingerprint density at radius 1 is 1.15 bits per heavy atom. The summed E-state index contributed by atoms with van der Waals surface area (Å²) in [6, 6.07) is 11.8. The van der Waals surface area contributed by atoms with Gasteiger partial charge in [0.2, 0.25) is 0 Å². The third-order valence-corrected chi connectivity index (χ3v) is 5.36. The molecule has 2 fully saturated rings. The highest BCUT2D eigenvalue weighted by Crippen LogP contribution is 2.20. The van der Waals surface area contributed by atoms with Crippen LogP contribution in [0.15, 0.2) is 35.3 Å². The van der Waals surface area contributed by atoms with E-state index in [1.807, 2.05) is 0 Å². The first-order valence-corrected chi connectivity index (χ1v) is 9.89. The van der Waals surface area contributed by atoms with Crippen molar-refractivity contribution in [1.82, 2.24) is 15.5 Å². The number of rotatable bonds is 6. The molecule has 0 saturated carbocycles. The maximum Gasteiger partial charge on any atom is 0.191 e. The smallest absolute Gasteiger partial charge is 0.191 e. The van der Waals surface area contributed by atoms with Crippen LogP contribution in [0.1, 0.15) is 33.1 Å². The first-order chi connectivity index (χ1) is 12.3. The molecule has 0 spiro atoms. The highest BCUT2D eigenvalue weighted by Gasteiger charge is 2.25. The molecule has 5 nitrogen and oxygen atoms in total. The number of nitrogens with one attached hydrogen (secondary N) is 2. The van der Waals surface area contributed by atoms with E-state index in [4.69, 9.17) is 4.99 Å². The Kier molecular flexibility index (Phi) is 8.98. The second-order valence-electron chi connectivity index (χ2n) is 7.06. The molecule has 2 aliphatic rings. The quantitative estimate of drug-likeness (QED) is 0.381. The van der Waals surface area contributed by atoms with E-state index < -0.39 is 0 Å². The Morgan fingerprint density at radius 2 is 1.96 bits per heavy atom. The van der Waals surface area contributed by atoms with Crippen LogP contribution in [-0.4, -0.2) is 62.2 Å². The zero-order valence-electron chi connectivity index (χ0n) is 16.2. The fourth-order valence-electron chi connectivity index (χ4n) is 3.98. The van der Waals surface area contributed by atoms with Gasteiger partial charge < -0.3 is 15.5 Å². The minimum atomic E-state index is 0. The van der Waals surface area contributed by atoms with Crippen molar-refractivity contribution < 1.29 is 0 Å². The lowest BCUT2D eigenvalue weighted by molar-refractivity contribution is 0.273. The van der Waals surface area contributed by atoms with Crippen molar-refractivity contribution in [3.05, 3.63) is 30.3 Å². The van der Waals surface area contributed by atoms with Gasteiger partial charge in [-0.1, -0.05) is 25.1 Å². The third-order valence-electron chi connectivity index (χ3n) is 5.36. The molecule has 3 rings (SSSR count).